The molecule has 0 saturated heterocycles. The van der Waals surface area contributed by atoms with Crippen LogP contribution in [-0.2, 0) is 26.2 Å². The van der Waals surface area contributed by atoms with Gasteiger partial charge in [-0.05, 0) is 37.8 Å². The minimum absolute atomic E-state index is 0. The first kappa shape index (κ1) is 24.8. The maximum Gasteiger partial charge on any atom is 0 e. The van der Waals surface area contributed by atoms with Gasteiger partial charge in [0.15, 0.2) is 0 Å². The van der Waals surface area contributed by atoms with Crippen molar-refractivity contribution in [3.63, 3.8) is 0 Å². The maximum atomic E-state index is 4.37. The Morgan fingerprint density at radius 3 is 1.84 bits per heavy atom. The second-order valence-corrected chi connectivity index (χ2v) is 5.33. The van der Waals surface area contributed by atoms with Crippen LogP contribution in [0.15, 0.2) is 0 Å². The molecule has 0 bridgehead atoms. The molecule has 2 rings (SSSR count). The second kappa shape index (κ2) is 12.5. The van der Waals surface area contributed by atoms with E-state index in [0.29, 0.717) is 0 Å². The molecule has 2 aliphatic carbocycles. The Bertz CT molecular complexity index is 193. The molecule has 0 aromatic rings. The van der Waals surface area contributed by atoms with Gasteiger partial charge in [0.1, 0.15) is 0 Å². The summed E-state index contributed by atoms with van der Waals surface area (Å²) in [5.41, 5.74) is 4.37. The van der Waals surface area contributed by atoms with Crippen LogP contribution < -0.4 is 0 Å². The van der Waals surface area contributed by atoms with E-state index in [-0.39, 0.29) is 48.5 Å². The van der Waals surface area contributed by atoms with Crippen molar-refractivity contribution in [3.8, 4) is 0 Å². The van der Waals surface area contributed by atoms with Gasteiger partial charge in [-0.2, -0.15) is 7.05 Å². The van der Waals surface area contributed by atoms with Gasteiger partial charge in [0, 0.05) is 26.2 Å². The fraction of sp³-hybridized carbons (Fsp3) is 0.812. The predicted molar refractivity (Wildman–Crippen MR) is 84.0 cm³/mol. The molecule has 2 nitrogen and oxygen atoms in total. The smallest absolute Gasteiger partial charge is 0 e. The van der Waals surface area contributed by atoms with Gasteiger partial charge in [0.25, 0.3) is 0 Å². The third-order valence-electron chi connectivity index (χ3n) is 4.58. The van der Waals surface area contributed by atoms with E-state index in [0.717, 1.165) is 17.9 Å². The van der Waals surface area contributed by atoms with Crippen LogP contribution in [-0.4, -0.2) is 25.1 Å². The summed E-state index contributed by atoms with van der Waals surface area (Å²) in [6.45, 7) is 0. The summed E-state index contributed by atoms with van der Waals surface area (Å²) in [4.78, 5) is 0. The van der Waals surface area contributed by atoms with Crippen molar-refractivity contribution >= 4 is 0 Å². The van der Waals surface area contributed by atoms with Crippen LogP contribution in [0.2, 0.25) is 0 Å². The minimum atomic E-state index is 0. The van der Waals surface area contributed by atoms with E-state index < -0.39 is 0 Å². The Balaban J connectivity index is -0.000000640. The van der Waals surface area contributed by atoms with E-state index in [1.54, 1.807) is 0 Å². The van der Waals surface area contributed by atoms with E-state index in [2.05, 4.69) is 17.5 Å². The Morgan fingerprint density at radius 2 is 1.32 bits per heavy atom. The van der Waals surface area contributed by atoms with Crippen LogP contribution in [0.4, 0.5) is 0 Å². The Hall–Kier alpha value is 0.803. The van der Waals surface area contributed by atoms with Gasteiger partial charge >= 0.3 is 0 Å². The monoisotopic (exact) mass is 344 g/mol. The molecule has 2 atom stereocenters. The summed E-state index contributed by atoms with van der Waals surface area (Å²) >= 11 is 0. The quantitative estimate of drug-likeness (QED) is 0.523. The van der Waals surface area contributed by atoms with Crippen molar-refractivity contribution in [2.24, 2.45) is 11.8 Å². The maximum absolute atomic E-state index is 4.37. The van der Waals surface area contributed by atoms with Crippen LogP contribution in [0.5, 0.6) is 0 Å². The van der Waals surface area contributed by atoms with Gasteiger partial charge in [-0.1, -0.05) is 38.5 Å². The molecular formula is C16H34N2Zr-4. The molecule has 2 unspecified atom stereocenters. The first-order valence-corrected chi connectivity index (χ1v) is 6.65. The second-order valence-electron chi connectivity index (χ2n) is 5.33. The average Bonchev–Trinajstić information content (AvgIpc) is 2.81. The van der Waals surface area contributed by atoms with Crippen LogP contribution in [0.25, 0.3) is 5.43 Å². The molecular weight excluding hydrogens is 311 g/mol. The fourth-order valence-electron chi connectivity index (χ4n) is 3.69. The van der Waals surface area contributed by atoms with Gasteiger partial charge in [0.2, 0.25) is 0 Å². The predicted octanol–water partition coefficient (Wildman–Crippen LogP) is 4.93. The molecule has 19 heavy (non-hydrogen) atoms. The fourth-order valence-corrected chi connectivity index (χ4v) is 3.69. The molecule has 0 spiro atoms. The van der Waals surface area contributed by atoms with Gasteiger partial charge in [-0.25, -0.2) is 0 Å². The molecule has 0 N–H and O–H groups in total. The van der Waals surface area contributed by atoms with Crippen molar-refractivity contribution in [1.29, 1.82) is 0 Å². The topological polar surface area (TPSA) is 17.3 Å². The number of hydrogen-bond donors (Lipinski definition) is 0. The van der Waals surface area contributed by atoms with E-state index >= 15 is 0 Å². The molecule has 0 aliphatic heterocycles. The number of nitrogens with zero attached hydrogens (tertiary/aromatic N) is 2. The Morgan fingerprint density at radius 1 is 0.842 bits per heavy atom. The van der Waals surface area contributed by atoms with E-state index in [9.17, 15) is 0 Å². The van der Waals surface area contributed by atoms with Crippen molar-refractivity contribution < 1.29 is 26.2 Å². The first-order valence-electron chi connectivity index (χ1n) is 6.65. The summed E-state index contributed by atoms with van der Waals surface area (Å²) in [7, 11) is 4.10. The van der Waals surface area contributed by atoms with Crippen LogP contribution in [0.3, 0.4) is 0 Å². The average molecular weight is 346 g/mol. The number of rotatable bonds is 3. The molecule has 3 heteroatoms. The molecule has 2 saturated carbocycles. The van der Waals surface area contributed by atoms with E-state index in [4.69, 9.17) is 0 Å². The van der Waals surface area contributed by atoms with Crippen LogP contribution >= 0.6 is 0 Å². The SMILES string of the molecule is C[N-]N(C)C1CCCCC1C1CCCC1.[CH3-].[CH3-].[CH3-].[Zr]. The van der Waals surface area contributed by atoms with Crippen molar-refractivity contribution in [3.05, 3.63) is 27.7 Å². The molecule has 0 heterocycles. The van der Waals surface area contributed by atoms with E-state index in [1.165, 1.54) is 51.4 Å². The third-order valence-corrected chi connectivity index (χ3v) is 4.58. The molecule has 0 aromatic heterocycles. The van der Waals surface area contributed by atoms with Crippen molar-refractivity contribution in [1.82, 2.24) is 5.01 Å². The standard InChI is InChI=1S/C13H25N2.3CH3.Zr/c1-14-15(2)13-10-6-5-9-12(13)11-7-3-4-8-11;;;;/h11-13H,3-10H2,1-2H3;3*1H3;/q4*-1;. The van der Waals surface area contributed by atoms with Gasteiger partial charge in [0.05, 0.1) is 0 Å². The summed E-state index contributed by atoms with van der Waals surface area (Å²) < 4.78 is 0. The Kier molecular flexibility index (Phi) is 16.4. The third kappa shape index (κ3) is 6.40. The number of hydrogen-bond acceptors (Lipinski definition) is 1. The largest absolute Gasteiger partial charge is 0.597 e. The summed E-state index contributed by atoms with van der Waals surface area (Å²) in [5, 5.41) is 2.24. The minimum Gasteiger partial charge on any atom is -0.597 e. The van der Waals surface area contributed by atoms with E-state index in [1.807, 2.05) is 7.05 Å². The first-order chi connectivity index (χ1) is 7.33. The van der Waals surface area contributed by atoms with Gasteiger partial charge < -0.3 is 32.7 Å². The van der Waals surface area contributed by atoms with Crippen LogP contribution in [0.1, 0.15) is 51.4 Å². The van der Waals surface area contributed by atoms with Crippen LogP contribution in [0, 0.1) is 34.1 Å². The summed E-state index contributed by atoms with van der Waals surface area (Å²) in [5.74, 6) is 1.95. The molecule has 116 valence electrons. The zero-order chi connectivity index (χ0) is 10.7. The zero-order valence-electron chi connectivity index (χ0n) is 13.8. The summed E-state index contributed by atoms with van der Waals surface area (Å²) in [6, 6.07) is 0.742. The zero-order valence-corrected chi connectivity index (χ0v) is 16.2. The van der Waals surface area contributed by atoms with Gasteiger partial charge in [-0.3, -0.25) is 0 Å². The molecule has 2 aliphatic rings. The molecule has 0 radical (unpaired) electrons. The molecule has 0 aromatic carbocycles. The summed E-state index contributed by atoms with van der Waals surface area (Å²) in [6.07, 6.45) is 11.6. The Labute approximate surface area is 142 Å². The normalized spacial score (nSPS) is 26.7. The van der Waals surface area contributed by atoms with Crippen molar-refractivity contribution in [2.75, 3.05) is 14.1 Å². The van der Waals surface area contributed by atoms with Gasteiger partial charge in [-0.15, -0.1) is 0 Å². The molecule has 2 fully saturated rings. The van der Waals surface area contributed by atoms with Crippen molar-refractivity contribution in [2.45, 2.75) is 57.4 Å². The molecule has 0 amide bonds.